The molecule has 1 saturated heterocycles. The number of nitrogens with two attached hydrogens (primary N) is 2. The third kappa shape index (κ3) is 6.37. The third-order valence-electron chi connectivity index (χ3n) is 3.77. The summed E-state index contributed by atoms with van der Waals surface area (Å²) in [6.45, 7) is 7.84. The molecule has 2 amide bonds. The van der Waals surface area contributed by atoms with E-state index in [0.29, 0.717) is 18.8 Å². The zero-order valence-electron chi connectivity index (χ0n) is 13.0. The molecule has 116 valence electrons. The molecule has 0 aromatic heterocycles. The molecule has 4 N–H and O–H groups in total. The summed E-state index contributed by atoms with van der Waals surface area (Å²) in [5.74, 6) is 0.223. The fourth-order valence-corrected chi connectivity index (χ4v) is 2.88. The highest BCUT2D eigenvalue weighted by Gasteiger charge is 2.25. The summed E-state index contributed by atoms with van der Waals surface area (Å²) in [4.78, 5) is 24.9. The summed E-state index contributed by atoms with van der Waals surface area (Å²) in [7, 11) is 0. The second kappa shape index (κ2) is 7.07. The zero-order chi connectivity index (χ0) is 15.3. The van der Waals surface area contributed by atoms with Gasteiger partial charge in [0.2, 0.25) is 11.8 Å². The molecule has 1 aliphatic rings. The predicted octanol–water partition coefficient (Wildman–Crippen LogP) is 1.25. The first-order valence-electron chi connectivity index (χ1n) is 7.49. The lowest BCUT2D eigenvalue weighted by Crippen LogP contribution is -2.42. The Kier molecular flexibility index (Phi) is 5.99. The summed E-state index contributed by atoms with van der Waals surface area (Å²) < 4.78 is 0. The van der Waals surface area contributed by atoms with Crippen LogP contribution in [0, 0.1) is 11.3 Å². The Hall–Kier alpha value is -1.10. The molecule has 0 radical (unpaired) electrons. The molecule has 1 atom stereocenters. The van der Waals surface area contributed by atoms with Crippen molar-refractivity contribution in [3.05, 3.63) is 0 Å². The average Bonchev–Trinajstić information content (AvgIpc) is 2.26. The molecule has 1 aliphatic heterocycles. The van der Waals surface area contributed by atoms with E-state index in [-0.39, 0.29) is 23.3 Å². The van der Waals surface area contributed by atoms with Crippen LogP contribution in [0.5, 0.6) is 0 Å². The number of amides is 2. The molecule has 5 heteroatoms. The van der Waals surface area contributed by atoms with Crippen LogP contribution in [0.25, 0.3) is 0 Å². The minimum atomic E-state index is -0.248. The van der Waals surface area contributed by atoms with E-state index in [1.165, 1.54) is 0 Å². The van der Waals surface area contributed by atoms with E-state index in [2.05, 4.69) is 20.8 Å². The molecular formula is C15H29N3O2. The van der Waals surface area contributed by atoms with E-state index in [9.17, 15) is 9.59 Å². The summed E-state index contributed by atoms with van der Waals surface area (Å²) >= 11 is 0. The molecule has 20 heavy (non-hydrogen) atoms. The quantitative estimate of drug-likeness (QED) is 0.796. The van der Waals surface area contributed by atoms with E-state index < -0.39 is 0 Å². The summed E-state index contributed by atoms with van der Waals surface area (Å²) in [5.41, 5.74) is 11.4. The van der Waals surface area contributed by atoms with Gasteiger partial charge in [-0.2, -0.15) is 0 Å². The summed E-state index contributed by atoms with van der Waals surface area (Å²) in [5, 5.41) is 0. The standard InChI is InChI=1S/C15H29N3O2/c1-15(2,3)10-12(16)9-14(20)18-6-4-11(5-7-18)8-13(17)19/h11-12H,4-10,16H2,1-3H3,(H2,17,19). The molecule has 0 aromatic carbocycles. The van der Waals surface area contributed by atoms with Gasteiger partial charge >= 0.3 is 0 Å². The van der Waals surface area contributed by atoms with Crippen molar-refractivity contribution in [2.24, 2.45) is 22.8 Å². The molecule has 0 saturated carbocycles. The van der Waals surface area contributed by atoms with Crippen LogP contribution >= 0.6 is 0 Å². The first-order chi connectivity index (χ1) is 9.17. The molecule has 1 rings (SSSR count). The number of rotatable bonds is 5. The summed E-state index contributed by atoms with van der Waals surface area (Å²) in [6, 6.07) is -0.0779. The Balaban J connectivity index is 2.34. The van der Waals surface area contributed by atoms with Crippen LogP contribution in [-0.2, 0) is 9.59 Å². The van der Waals surface area contributed by atoms with Crippen molar-refractivity contribution < 1.29 is 9.59 Å². The fourth-order valence-electron chi connectivity index (χ4n) is 2.88. The number of hydrogen-bond acceptors (Lipinski definition) is 3. The minimum Gasteiger partial charge on any atom is -0.370 e. The number of hydrogen-bond donors (Lipinski definition) is 2. The summed E-state index contributed by atoms with van der Waals surface area (Å²) in [6.07, 6.45) is 3.42. The first-order valence-corrected chi connectivity index (χ1v) is 7.49. The molecule has 1 unspecified atom stereocenters. The monoisotopic (exact) mass is 283 g/mol. The van der Waals surface area contributed by atoms with Crippen LogP contribution in [0.15, 0.2) is 0 Å². The van der Waals surface area contributed by atoms with Crippen molar-refractivity contribution in [3.8, 4) is 0 Å². The predicted molar refractivity (Wildman–Crippen MR) is 79.8 cm³/mol. The maximum atomic E-state index is 12.2. The Morgan fingerprint density at radius 1 is 1.25 bits per heavy atom. The minimum absolute atomic E-state index is 0.0779. The molecule has 1 heterocycles. The van der Waals surface area contributed by atoms with Gasteiger partial charge in [-0.15, -0.1) is 0 Å². The van der Waals surface area contributed by atoms with Gasteiger partial charge in [-0.3, -0.25) is 9.59 Å². The lowest BCUT2D eigenvalue weighted by molar-refractivity contribution is -0.133. The van der Waals surface area contributed by atoms with Gasteiger partial charge in [0.25, 0.3) is 0 Å². The number of piperidine rings is 1. The number of likely N-dealkylation sites (tertiary alicyclic amines) is 1. The molecule has 1 fully saturated rings. The van der Waals surface area contributed by atoms with Crippen molar-refractivity contribution in [1.29, 1.82) is 0 Å². The van der Waals surface area contributed by atoms with Crippen LogP contribution in [0.4, 0.5) is 0 Å². The van der Waals surface area contributed by atoms with Crippen LogP contribution < -0.4 is 11.5 Å². The second-order valence-corrected chi connectivity index (χ2v) is 7.22. The highest BCUT2D eigenvalue weighted by molar-refractivity contribution is 5.77. The van der Waals surface area contributed by atoms with Gasteiger partial charge in [0.1, 0.15) is 0 Å². The number of nitrogens with zero attached hydrogens (tertiary/aromatic N) is 1. The highest BCUT2D eigenvalue weighted by Crippen LogP contribution is 2.23. The van der Waals surface area contributed by atoms with E-state index in [0.717, 1.165) is 32.4 Å². The Labute approximate surface area is 122 Å². The first kappa shape index (κ1) is 17.0. The van der Waals surface area contributed by atoms with Gasteiger partial charge in [0.15, 0.2) is 0 Å². The van der Waals surface area contributed by atoms with Crippen molar-refractivity contribution in [2.45, 2.75) is 58.9 Å². The topological polar surface area (TPSA) is 89.4 Å². The largest absolute Gasteiger partial charge is 0.370 e. The number of carbonyl (C=O) groups excluding carboxylic acids is 2. The van der Waals surface area contributed by atoms with Crippen LogP contribution in [0.3, 0.4) is 0 Å². The molecule has 0 aliphatic carbocycles. The normalized spacial score (nSPS) is 18.9. The Bertz CT molecular complexity index is 342. The van der Waals surface area contributed by atoms with Crippen molar-refractivity contribution in [1.82, 2.24) is 4.90 Å². The highest BCUT2D eigenvalue weighted by atomic mass is 16.2. The van der Waals surface area contributed by atoms with E-state index >= 15 is 0 Å². The van der Waals surface area contributed by atoms with Gasteiger partial charge in [0.05, 0.1) is 0 Å². The number of carbonyl (C=O) groups is 2. The molecule has 5 nitrogen and oxygen atoms in total. The molecule has 0 spiro atoms. The van der Waals surface area contributed by atoms with E-state index in [4.69, 9.17) is 11.5 Å². The molecule has 0 aromatic rings. The van der Waals surface area contributed by atoms with Crippen molar-refractivity contribution >= 4 is 11.8 Å². The van der Waals surface area contributed by atoms with Crippen molar-refractivity contribution in [2.75, 3.05) is 13.1 Å². The zero-order valence-corrected chi connectivity index (χ0v) is 13.0. The van der Waals surface area contributed by atoms with E-state index in [1.807, 2.05) is 4.90 Å². The molecular weight excluding hydrogens is 254 g/mol. The smallest absolute Gasteiger partial charge is 0.224 e. The van der Waals surface area contributed by atoms with Gasteiger partial charge < -0.3 is 16.4 Å². The fraction of sp³-hybridized carbons (Fsp3) is 0.867. The van der Waals surface area contributed by atoms with Crippen LogP contribution in [0.2, 0.25) is 0 Å². The molecule has 0 bridgehead atoms. The Morgan fingerprint density at radius 2 is 1.80 bits per heavy atom. The van der Waals surface area contributed by atoms with Gasteiger partial charge in [-0.05, 0) is 30.6 Å². The lowest BCUT2D eigenvalue weighted by Gasteiger charge is -2.32. The lowest BCUT2D eigenvalue weighted by atomic mass is 9.87. The maximum absolute atomic E-state index is 12.2. The van der Waals surface area contributed by atoms with Crippen LogP contribution in [-0.4, -0.2) is 35.8 Å². The van der Waals surface area contributed by atoms with Gasteiger partial charge in [-0.25, -0.2) is 0 Å². The Morgan fingerprint density at radius 3 is 2.25 bits per heavy atom. The maximum Gasteiger partial charge on any atom is 0.224 e. The third-order valence-corrected chi connectivity index (χ3v) is 3.77. The van der Waals surface area contributed by atoms with Crippen molar-refractivity contribution in [3.63, 3.8) is 0 Å². The second-order valence-electron chi connectivity index (χ2n) is 7.22. The number of primary amides is 1. The van der Waals surface area contributed by atoms with Crippen LogP contribution in [0.1, 0.15) is 52.9 Å². The SMILES string of the molecule is CC(C)(C)CC(N)CC(=O)N1CCC(CC(N)=O)CC1. The average molecular weight is 283 g/mol. The van der Waals surface area contributed by atoms with Gasteiger partial charge in [0, 0.05) is 32.0 Å². The van der Waals surface area contributed by atoms with Gasteiger partial charge in [-0.1, -0.05) is 20.8 Å². The van der Waals surface area contributed by atoms with E-state index in [1.54, 1.807) is 0 Å².